The van der Waals surface area contributed by atoms with Crippen LogP contribution in [0.5, 0.6) is 0 Å². The average Bonchev–Trinajstić information content (AvgIpc) is 1.85. The van der Waals surface area contributed by atoms with Crippen molar-refractivity contribution in [2.45, 2.75) is 3.74 Å². The van der Waals surface area contributed by atoms with E-state index in [4.69, 9.17) is 11.6 Å². The van der Waals surface area contributed by atoms with E-state index >= 15 is 0 Å². The van der Waals surface area contributed by atoms with E-state index in [1.54, 1.807) is 0 Å². The second-order valence-electron chi connectivity index (χ2n) is 1.94. The lowest BCUT2D eigenvalue weighted by Crippen LogP contribution is -1.86. The van der Waals surface area contributed by atoms with E-state index in [1.807, 2.05) is 18.2 Å². The largest absolute Gasteiger partial charge is 0.0971 e. The molecule has 11 heavy (non-hydrogen) atoms. The van der Waals surface area contributed by atoms with Gasteiger partial charge in [-0.25, -0.2) is 0 Å². The lowest BCUT2D eigenvalue weighted by Gasteiger charge is -2.06. The number of hydrogen-bond donors (Lipinski definition) is 0. The fraction of sp³-hybridized carbons (Fsp3) is 0.143. The van der Waals surface area contributed by atoms with Crippen molar-refractivity contribution in [3.8, 4) is 0 Å². The maximum absolute atomic E-state index is 5.96. The van der Waals surface area contributed by atoms with Crippen LogP contribution in [0.2, 0.25) is 5.02 Å². The van der Waals surface area contributed by atoms with Crippen molar-refractivity contribution >= 4 is 66.1 Å². The average molecular weight is 410 g/mol. The van der Waals surface area contributed by atoms with E-state index in [0.29, 0.717) is 0 Å². The molecule has 1 aromatic carbocycles. The standard InChI is InChI=1S/C7H4Br2ClI/c8-7(9)6-4(10)2-1-3-5(6)11/h1-3,7H. The van der Waals surface area contributed by atoms with Crippen LogP contribution in [0, 0.1) is 3.57 Å². The van der Waals surface area contributed by atoms with Gasteiger partial charge in [-0.15, -0.1) is 0 Å². The molecule has 0 aliphatic heterocycles. The van der Waals surface area contributed by atoms with Crippen LogP contribution in [-0.4, -0.2) is 0 Å². The summed E-state index contributed by atoms with van der Waals surface area (Å²) in [6.45, 7) is 0. The molecule has 0 spiro atoms. The summed E-state index contributed by atoms with van der Waals surface area (Å²) in [6.07, 6.45) is 0. The molecule has 60 valence electrons. The van der Waals surface area contributed by atoms with E-state index in [2.05, 4.69) is 54.5 Å². The van der Waals surface area contributed by atoms with Gasteiger partial charge in [0.1, 0.15) is 0 Å². The van der Waals surface area contributed by atoms with Crippen LogP contribution < -0.4 is 0 Å². The van der Waals surface area contributed by atoms with Gasteiger partial charge in [0.15, 0.2) is 0 Å². The van der Waals surface area contributed by atoms with Crippen LogP contribution in [0.25, 0.3) is 0 Å². The lowest BCUT2D eigenvalue weighted by atomic mass is 10.2. The molecule has 0 nitrogen and oxygen atoms in total. The second-order valence-corrected chi connectivity index (χ2v) is 6.57. The van der Waals surface area contributed by atoms with Crippen molar-refractivity contribution in [1.29, 1.82) is 0 Å². The molecule has 1 rings (SSSR count). The zero-order valence-corrected chi connectivity index (χ0v) is 11.4. The molecule has 1 aromatic rings. The first kappa shape index (κ1) is 10.3. The Morgan fingerprint density at radius 1 is 1.36 bits per heavy atom. The van der Waals surface area contributed by atoms with Crippen LogP contribution in [0.4, 0.5) is 0 Å². The third-order valence-corrected chi connectivity index (χ3v) is 3.40. The summed E-state index contributed by atoms with van der Waals surface area (Å²) in [4.78, 5) is 0. The molecule has 4 heteroatoms. The molecule has 0 fully saturated rings. The summed E-state index contributed by atoms with van der Waals surface area (Å²) in [5.74, 6) is 0. The molecule has 0 bridgehead atoms. The van der Waals surface area contributed by atoms with E-state index in [1.165, 1.54) is 0 Å². The Bertz CT molecular complexity index is 242. The molecule has 0 amide bonds. The summed E-state index contributed by atoms with van der Waals surface area (Å²) in [5, 5.41) is 0.788. The van der Waals surface area contributed by atoms with Crippen LogP contribution in [0.1, 0.15) is 9.30 Å². The van der Waals surface area contributed by atoms with Crippen molar-refractivity contribution in [3.63, 3.8) is 0 Å². The van der Waals surface area contributed by atoms with E-state index in [-0.39, 0.29) is 3.74 Å². The zero-order chi connectivity index (χ0) is 8.43. The Hall–Kier alpha value is 1.20. The topological polar surface area (TPSA) is 0 Å². The smallest absolute Gasteiger partial charge is 0.0839 e. The Kier molecular flexibility index (Phi) is 4.15. The van der Waals surface area contributed by atoms with E-state index in [9.17, 15) is 0 Å². The number of halogens is 4. The van der Waals surface area contributed by atoms with Crippen molar-refractivity contribution in [2.24, 2.45) is 0 Å². The minimum atomic E-state index is 0.135. The Morgan fingerprint density at radius 3 is 2.36 bits per heavy atom. The monoisotopic (exact) mass is 408 g/mol. The molecule has 0 aromatic heterocycles. The van der Waals surface area contributed by atoms with Crippen molar-refractivity contribution < 1.29 is 0 Å². The Balaban J connectivity index is 3.21. The van der Waals surface area contributed by atoms with Crippen LogP contribution in [0.3, 0.4) is 0 Å². The molecular formula is C7H4Br2ClI. The Morgan fingerprint density at radius 2 is 2.00 bits per heavy atom. The third kappa shape index (κ3) is 2.57. The summed E-state index contributed by atoms with van der Waals surface area (Å²) in [6, 6.07) is 5.85. The summed E-state index contributed by atoms with van der Waals surface area (Å²) < 4.78 is 1.30. The number of benzene rings is 1. The van der Waals surface area contributed by atoms with Gasteiger partial charge in [-0.3, -0.25) is 0 Å². The molecule has 0 aliphatic carbocycles. The minimum Gasteiger partial charge on any atom is -0.0839 e. The first-order valence-corrected chi connectivity index (χ1v) is 6.14. The molecule has 0 aliphatic rings. The second kappa shape index (κ2) is 4.44. The number of alkyl halides is 2. The van der Waals surface area contributed by atoms with Gasteiger partial charge in [-0.1, -0.05) is 49.5 Å². The number of rotatable bonds is 1. The van der Waals surface area contributed by atoms with Crippen molar-refractivity contribution in [3.05, 3.63) is 32.4 Å². The van der Waals surface area contributed by atoms with Crippen LogP contribution in [-0.2, 0) is 0 Å². The predicted molar refractivity (Wildman–Crippen MR) is 64.8 cm³/mol. The van der Waals surface area contributed by atoms with Gasteiger partial charge < -0.3 is 0 Å². The molecule has 0 heterocycles. The SMILES string of the molecule is Clc1cccc(I)c1C(Br)Br. The summed E-state index contributed by atoms with van der Waals surface area (Å²) in [7, 11) is 0. The summed E-state index contributed by atoms with van der Waals surface area (Å²) in [5.41, 5.74) is 1.09. The van der Waals surface area contributed by atoms with E-state index in [0.717, 1.165) is 14.2 Å². The van der Waals surface area contributed by atoms with Gasteiger partial charge in [0.25, 0.3) is 0 Å². The molecular weight excluding hydrogens is 406 g/mol. The van der Waals surface area contributed by atoms with Gasteiger partial charge in [0, 0.05) is 14.2 Å². The lowest BCUT2D eigenvalue weighted by molar-refractivity contribution is 1.38. The Labute approximate surface area is 101 Å². The van der Waals surface area contributed by atoms with Gasteiger partial charge in [0.05, 0.1) is 3.74 Å². The highest BCUT2D eigenvalue weighted by atomic mass is 127. The molecule has 0 N–H and O–H groups in total. The normalized spacial score (nSPS) is 10.6. The van der Waals surface area contributed by atoms with Crippen LogP contribution in [0.15, 0.2) is 18.2 Å². The third-order valence-electron chi connectivity index (χ3n) is 1.22. The summed E-state index contributed by atoms with van der Waals surface area (Å²) >= 11 is 15.0. The highest BCUT2D eigenvalue weighted by molar-refractivity contribution is 14.1. The highest BCUT2D eigenvalue weighted by Crippen LogP contribution is 2.37. The van der Waals surface area contributed by atoms with Gasteiger partial charge >= 0.3 is 0 Å². The quantitative estimate of drug-likeness (QED) is 0.464. The number of hydrogen-bond acceptors (Lipinski definition) is 0. The van der Waals surface area contributed by atoms with E-state index < -0.39 is 0 Å². The molecule has 0 atom stereocenters. The fourth-order valence-corrected chi connectivity index (χ4v) is 4.08. The minimum absolute atomic E-state index is 0.135. The van der Waals surface area contributed by atoms with Crippen molar-refractivity contribution in [1.82, 2.24) is 0 Å². The molecule has 0 saturated heterocycles. The van der Waals surface area contributed by atoms with Crippen LogP contribution >= 0.6 is 66.1 Å². The molecule has 0 unspecified atom stereocenters. The van der Waals surface area contributed by atoms with Gasteiger partial charge in [0.2, 0.25) is 0 Å². The predicted octanol–water partition coefficient (Wildman–Crippen LogP) is 4.73. The van der Waals surface area contributed by atoms with Gasteiger partial charge in [-0.2, -0.15) is 0 Å². The highest BCUT2D eigenvalue weighted by Gasteiger charge is 2.10. The molecule has 0 radical (unpaired) electrons. The first-order valence-electron chi connectivity index (χ1n) is 2.85. The van der Waals surface area contributed by atoms with Gasteiger partial charge in [-0.05, 0) is 34.7 Å². The molecule has 0 saturated carbocycles. The maximum Gasteiger partial charge on any atom is 0.0971 e. The fourth-order valence-electron chi connectivity index (χ4n) is 0.719. The van der Waals surface area contributed by atoms with Crippen molar-refractivity contribution in [2.75, 3.05) is 0 Å². The zero-order valence-electron chi connectivity index (χ0n) is 5.32. The maximum atomic E-state index is 5.96. The first-order chi connectivity index (χ1) is 5.13.